The lowest BCUT2D eigenvalue weighted by atomic mass is 9.77. The van der Waals surface area contributed by atoms with Crippen LogP contribution in [0, 0.1) is 5.41 Å². The van der Waals surface area contributed by atoms with E-state index in [9.17, 15) is 4.79 Å². The summed E-state index contributed by atoms with van der Waals surface area (Å²) in [5, 5.41) is 0. The molecule has 2 saturated heterocycles. The number of piperidine rings is 1. The second kappa shape index (κ2) is 6.24. The van der Waals surface area contributed by atoms with Gasteiger partial charge in [0.25, 0.3) is 0 Å². The van der Waals surface area contributed by atoms with Crippen LogP contribution in [-0.2, 0) is 11.3 Å². The van der Waals surface area contributed by atoms with Gasteiger partial charge >= 0.3 is 0 Å². The van der Waals surface area contributed by atoms with Gasteiger partial charge in [0.15, 0.2) is 0 Å². The van der Waals surface area contributed by atoms with Crippen LogP contribution < -0.4 is 0 Å². The predicted octanol–water partition coefficient (Wildman–Crippen LogP) is 2.19. The summed E-state index contributed by atoms with van der Waals surface area (Å²) in [5.74, 6) is 1.36. The number of aromatic nitrogens is 2. The number of carbonyl (C=O) groups is 1. The zero-order chi connectivity index (χ0) is 15.6. The number of aromatic amines is 1. The third-order valence-corrected chi connectivity index (χ3v) is 4.97. The van der Waals surface area contributed by atoms with Crippen molar-refractivity contribution < 1.29 is 4.79 Å². The quantitative estimate of drug-likeness (QED) is 0.868. The van der Waals surface area contributed by atoms with E-state index in [1.807, 2.05) is 11.1 Å². The highest BCUT2D eigenvalue weighted by molar-refractivity contribution is 5.79. The van der Waals surface area contributed by atoms with E-state index in [-0.39, 0.29) is 5.41 Å². The molecule has 0 bridgehead atoms. The topological polar surface area (TPSA) is 52.2 Å². The molecule has 0 radical (unpaired) electrons. The molecule has 1 aromatic rings. The monoisotopic (exact) mass is 302 g/mol. The van der Waals surface area contributed by atoms with Crippen LogP contribution >= 0.6 is 0 Å². The van der Waals surface area contributed by atoms with Gasteiger partial charge in [-0.2, -0.15) is 0 Å². The lowest BCUT2D eigenvalue weighted by Crippen LogP contribution is -2.41. The third kappa shape index (κ3) is 3.40. The number of likely N-dealkylation sites (tertiary alicyclic amines) is 2. The highest BCUT2D eigenvalue weighted by Gasteiger charge is 2.44. The molecule has 22 heavy (non-hydrogen) atoms. The van der Waals surface area contributed by atoms with E-state index in [1.165, 1.54) is 5.57 Å². The van der Waals surface area contributed by atoms with E-state index in [4.69, 9.17) is 0 Å². The second-order valence-corrected chi connectivity index (χ2v) is 7.04. The Morgan fingerprint density at radius 1 is 1.41 bits per heavy atom. The van der Waals surface area contributed by atoms with Gasteiger partial charge in [-0.15, -0.1) is 0 Å². The number of carbonyl (C=O) groups excluding carboxylic acids is 1. The predicted molar refractivity (Wildman–Crippen MR) is 86.2 cm³/mol. The van der Waals surface area contributed by atoms with Gasteiger partial charge in [0.1, 0.15) is 5.82 Å². The number of allylic oxidation sites excluding steroid dienone is 1. The first-order chi connectivity index (χ1) is 10.6. The Bertz CT molecular complexity index is 537. The summed E-state index contributed by atoms with van der Waals surface area (Å²) in [6, 6.07) is 0. The molecule has 5 nitrogen and oxygen atoms in total. The molecule has 2 aliphatic heterocycles. The molecule has 120 valence electrons. The average molecular weight is 302 g/mol. The Hall–Kier alpha value is -1.62. The molecule has 0 unspecified atom stereocenters. The zero-order valence-corrected chi connectivity index (χ0v) is 13.6. The molecule has 0 saturated carbocycles. The number of amides is 1. The number of hydrogen-bond donors (Lipinski definition) is 1. The molecule has 1 N–H and O–H groups in total. The molecule has 1 amide bonds. The minimum Gasteiger partial charge on any atom is -0.348 e. The number of nitrogens with one attached hydrogen (secondary N) is 1. The molecule has 2 fully saturated rings. The van der Waals surface area contributed by atoms with Crippen LogP contribution in [0.2, 0.25) is 0 Å². The molecule has 1 spiro atoms. The van der Waals surface area contributed by atoms with Gasteiger partial charge in [0, 0.05) is 31.9 Å². The molecule has 2 aliphatic rings. The molecule has 0 aliphatic carbocycles. The molecular formula is C17H26N4O. The van der Waals surface area contributed by atoms with Gasteiger partial charge in [0.2, 0.25) is 5.91 Å². The summed E-state index contributed by atoms with van der Waals surface area (Å²) in [6.07, 6.45) is 8.80. The lowest BCUT2D eigenvalue weighted by Gasteiger charge is -2.38. The molecule has 0 aromatic carbocycles. The van der Waals surface area contributed by atoms with Crippen molar-refractivity contribution in [1.82, 2.24) is 19.8 Å². The molecular weight excluding hydrogens is 276 g/mol. The van der Waals surface area contributed by atoms with Crippen molar-refractivity contribution in [3.05, 3.63) is 29.9 Å². The van der Waals surface area contributed by atoms with Crippen molar-refractivity contribution in [2.24, 2.45) is 5.41 Å². The fourth-order valence-electron chi connectivity index (χ4n) is 3.56. The van der Waals surface area contributed by atoms with Crippen molar-refractivity contribution in [2.45, 2.75) is 39.7 Å². The first-order valence-corrected chi connectivity index (χ1v) is 8.18. The van der Waals surface area contributed by atoms with Crippen LogP contribution in [0.1, 0.15) is 38.9 Å². The maximum atomic E-state index is 12.3. The molecule has 0 atom stereocenters. The van der Waals surface area contributed by atoms with Crippen LogP contribution in [0.25, 0.3) is 0 Å². The Morgan fingerprint density at radius 3 is 2.82 bits per heavy atom. The van der Waals surface area contributed by atoms with Gasteiger partial charge in [-0.3, -0.25) is 9.69 Å². The second-order valence-electron chi connectivity index (χ2n) is 7.04. The van der Waals surface area contributed by atoms with E-state index in [0.29, 0.717) is 5.91 Å². The number of nitrogens with zero attached hydrogens (tertiary/aromatic N) is 3. The van der Waals surface area contributed by atoms with E-state index < -0.39 is 0 Å². The van der Waals surface area contributed by atoms with Crippen LogP contribution in [-0.4, -0.2) is 51.9 Å². The Labute approximate surface area is 132 Å². The molecule has 3 rings (SSSR count). The maximum absolute atomic E-state index is 12.3. The van der Waals surface area contributed by atoms with E-state index in [2.05, 4.69) is 34.8 Å². The Morgan fingerprint density at radius 2 is 2.18 bits per heavy atom. The zero-order valence-electron chi connectivity index (χ0n) is 13.6. The summed E-state index contributed by atoms with van der Waals surface area (Å²) >= 11 is 0. The largest absolute Gasteiger partial charge is 0.348 e. The highest BCUT2D eigenvalue weighted by Crippen LogP contribution is 2.41. The highest BCUT2D eigenvalue weighted by atomic mass is 16.2. The minimum atomic E-state index is 0.215. The standard InChI is InChI=1S/C17H26N4O/c1-14(2)3-8-21-13-17(11-16(21)22)4-9-20(10-5-17)12-15-18-6-7-19-15/h3,6-7H,4-5,8-13H2,1-2H3,(H,18,19). The minimum absolute atomic E-state index is 0.215. The number of H-pyrrole nitrogens is 1. The normalized spacial score (nSPS) is 21.5. The summed E-state index contributed by atoms with van der Waals surface area (Å²) in [4.78, 5) is 24.2. The third-order valence-electron chi connectivity index (χ3n) is 4.97. The van der Waals surface area contributed by atoms with Crippen molar-refractivity contribution in [2.75, 3.05) is 26.2 Å². The average Bonchev–Trinajstić information content (AvgIpc) is 3.08. The van der Waals surface area contributed by atoms with E-state index in [0.717, 1.165) is 57.8 Å². The van der Waals surface area contributed by atoms with E-state index in [1.54, 1.807) is 6.20 Å². The smallest absolute Gasteiger partial charge is 0.223 e. The van der Waals surface area contributed by atoms with Crippen LogP contribution in [0.5, 0.6) is 0 Å². The van der Waals surface area contributed by atoms with Crippen LogP contribution in [0.4, 0.5) is 0 Å². The maximum Gasteiger partial charge on any atom is 0.223 e. The SMILES string of the molecule is CC(C)=CCN1CC2(CCN(Cc3ncc[nH]3)CC2)CC1=O. The summed E-state index contributed by atoms with van der Waals surface area (Å²) in [7, 11) is 0. The van der Waals surface area contributed by atoms with E-state index >= 15 is 0 Å². The summed E-state index contributed by atoms with van der Waals surface area (Å²) < 4.78 is 0. The van der Waals surface area contributed by atoms with Crippen molar-refractivity contribution in [3.63, 3.8) is 0 Å². The molecule has 1 aromatic heterocycles. The summed E-state index contributed by atoms with van der Waals surface area (Å²) in [5.41, 5.74) is 1.49. The van der Waals surface area contributed by atoms with Gasteiger partial charge in [-0.25, -0.2) is 4.98 Å². The van der Waals surface area contributed by atoms with Crippen LogP contribution in [0.15, 0.2) is 24.0 Å². The van der Waals surface area contributed by atoms with Gasteiger partial charge in [-0.05, 0) is 45.2 Å². The Kier molecular flexibility index (Phi) is 4.34. The molecule has 3 heterocycles. The van der Waals surface area contributed by atoms with Crippen molar-refractivity contribution in [1.29, 1.82) is 0 Å². The Balaban J connectivity index is 1.54. The fraction of sp³-hybridized carbons (Fsp3) is 0.647. The van der Waals surface area contributed by atoms with Crippen LogP contribution in [0.3, 0.4) is 0 Å². The first-order valence-electron chi connectivity index (χ1n) is 8.18. The van der Waals surface area contributed by atoms with Crippen molar-refractivity contribution in [3.8, 4) is 0 Å². The fourth-order valence-corrected chi connectivity index (χ4v) is 3.56. The number of rotatable bonds is 4. The van der Waals surface area contributed by atoms with Gasteiger partial charge < -0.3 is 9.88 Å². The first kappa shape index (κ1) is 15.3. The van der Waals surface area contributed by atoms with Gasteiger partial charge in [-0.1, -0.05) is 11.6 Å². The summed E-state index contributed by atoms with van der Waals surface area (Å²) in [6.45, 7) is 8.89. The van der Waals surface area contributed by atoms with Crippen molar-refractivity contribution >= 4 is 5.91 Å². The lowest BCUT2D eigenvalue weighted by molar-refractivity contribution is -0.127. The molecule has 5 heteroatoms. The van der Waals surface area contributed by atoms with Gasteiger partial charge in [0.05, 0.1) is 6.54 Å². The number of hydrogen-bond acceptors (Lipinski definition) is 3. The number of imidazole rings is 1.